The van der Waals surface area contributed by atoms with Crippen molar-refractivity contribution in [3.05, 3.63) is 59.2 Å². The van der Waals surface area contributed by atoms with Gasteiger partial charge in [-0.2, -0.15) is 0 Å². The van der Waals surface area contributed by atoms with Crippen molar-refractivity contribution in [3.8, 4) is 0 Å². The fourth-order valence-corrected chi connectivity index (χ4v) is 2.58. The number of hydrogen-bond donors (Lipinski definition) is 0. The molecule has 1 aromatic carbocycles. The first kappa shape index (κ1) is 14.7. The molecule has 2 heterocycles. The Hall–Kier alpha value is -1.74. The molecule has 0 unspecified atom stereocenters. The maximum absolute atomic E-state index is 4.21. The van der Waals surface area contributed by atoms with Crippen LogP contribution in [0.5, 0.6) is 0 Å². The smallest absolute Gasteiger partial charge is 0.0924 e. The van der Waals surface area contributed by atoms with E-state index in [1.54, 1.807) is 11.3 Å². The van der Waals surface area contributed by atoms with Gasteiger partial charge >= 0.3 is 0 Å². The lowest BCUT2D eigenvalue weighted by atomic mass is 10.2. The van der Waals surface area contributed by atoms with Gasteiger partial charge in [-0.1, -0.05) is 44.0 Å². The Labute approximate surface area is 124 Å². The second-order valence-electron chi connectivity index (χ2n) is 4.58. The minimum atomic E-state index is 1.06. The zero-order valence-corrected chi connectivity index (χ0v) is 12.6. The third kappa shape index (κ3) is 4.74. The molecule has 3 rings (SSSR count). The van der Waals surface area contributed by atoms with E-state index >= 15 is 0 Å². The van der Waals surface area contributed by atoms with Gasteiger partial charge in [0.15, 0.2) is 0 Å². The van der Waals surface area contributed by atoms with E-state index in [-0.39, 0.29) is 0 Å². The van der Waals surface area contributed by atoms with Gasteiger partial charge in [-0.3, -0.25) is 4.98 Å². The van der Waals surface area contributed by atoms with Crippen LogP contribution >= 0.6 is 11.3 Å². The monoisotopic (exact) mass is 284 g/mol. The first-order valence-electron chi connectivity index (χ1n) is 7.08. The molecule has 104 valence electrons. The second kappa shape index (κ2) is 8.43. The van der Waals surface area contributed by atoms with Gasteiger partial charge in [-0.05, 0) is 25.0 Å². The highest BCUT2D eigenvalue weighted by atomic mass is 32.1. The van der Waals surface area contributed by atoms with Crippen LogP contribution in [0.4, 0.5) is 0 Å². The third-order valence-corrected chi connectivity index (χ3v) is 3.83. The van der Waals surface area contributed by atoms with Gasteiger partial charge in [-0.25, -0.2) is 4.98 Å². The fourth-order valence-electron chi connectivity index (χ4n) is 1.92. The summed E-state index contributed by atoms with van der Waals surface area (Å²) in [5.41, 5.74) is 1.06. The Morgan fingerprint density at radius 3 is 2.55 bits per heavy atom. The van der Waals surface area contributed by atoms with Crippen molar-refractivity contribution in [1.29, 1.82) is 0 Å². The molecule has 0 saturated heterocycles. The van der Waals surface area contributed by atoms with Gasteiger partial charge in [0.2, 0.25) is 0 Å². The van der Waals surface area contributed by atoms with Crippen LogP contribution in [0.25, 0.3) is 10.9 Å². The molecule has 0 N–H and O–H groups in total. The molecule has 0 spiro atoms. The zero-order chi connectivity index (χ0) is 14.0. The molecule has 0 aliphatic rings. The van der Waals surface area contributed by atoms with Crippen LogP contribution in [0, 0.1) is 0 Å². The summed E-state index contributed by atoms with van der Waals surface area (Å²) in [6.07, 6.45) is 8.79. The van der Waals surface area contributed by atoms with E-state index in [0.717, 1.165) is 5.52 Å². The maximum atomic E-state index is 4.21. The van der Waals surface area contributed by atoms with E-state index in [4.69, 9.17) is 0 Å². The van der Waals surface area contributed by atoms with Gasteiger partial charge in [0.25, 0.3) is 0 Å². The summed E-state index contributed by atoms with van der Waals surface area (Å²) in [6.45, 7) is 2.22. The van der Waals surface area contributed by atoms with Gasteiger partial charge in [0, 0.05) is 23.2 Å². The molecule has 0 bridgehead atoms. The van der Waals surface area contributed by atoms with Gasteiger partial charge in [-0.15, -0.1) is 11.3 Å². The van der Waals surface area contributed by atoms with Crippen LogP contribution in [0.2, 0.25) is 0 Å². The summed E-state index contributed by atoms with van der Waals surface area (Å²) in [5.74, 6) is 0. The number of thiazole rings is 1. The first-order chi connectivity index (χ1) is 9.90. The molecule has 0 saturated carbocycles. The number of aromatic nitrogens is 2. The largest absolute Gasteiger partial charge is 0.256 e. The lowest BCUT2D eigenvalue weighted by Gasteiger charge is -1.92. The number of benzene rings is 1. The highest BCUT2D eigenvalue weighted by Crippen LogP contribution is 2.09. The van der Waals surface area contributed by atoms with E-state index in [2.05, 4.69) is 29.0 Å². The Morgan fingerprint density at radius 2 is 1.80 bits per heavy atom. The first-order valence-corrected chi connectivity index (χ1v) is 7.96. The normalized spacial score (nSPS) is 10.1. The molecule has 3 heteroatoms. The topological polar surface area (TPSA) is 25.8 Å². The van der Waals surface area contributed by atoms with Crippen LogP contribution in [0.3, 0.4) is 0 Å². The van der Waals surface area contributed by atoms with Crippen LogP contribution < -0.4 is 0 Å². The number of rotatable bonds is 4. The second-order valence-corrected chi connectivity index (χ2v) is 5.56. The summed E-state index contributed by atoms with van der Waals surface area (Å²) in [4.78, 5) is 8.39. The zero-order valence-electron chi connectivity index (χ0n) is 11.8. The minimum absolute atomic E-state index is 1.06. The van der Waals surface area contributed by atoms with E-state index in [1.807, 2.05) is 42.0 Å². The van der Waals surface area contributed by atoms with E-state index in [0.29, 0.717) is 0 Å². The number of para-hydroxylation sites is 1. The highest BCUT2D eigenvalue weighted by molar-refractivity contribution is 7.09. The average molecular weight is 284 g/mol. The molecule has 0 aliphatic carbocycles. The SMILES string of the molecule is CCCCCc1nccs1.c1ccc2ncccc2c1. The Morgan fingerprint density at radius 1 is 0.950 bits per heavy atom. The molecule has 0 radical (unpaired) electrons. The number of fused-ring (bicyclic) bond motifs is 1. The minimum Gasteiger partial charge on any atom is -0.256 e. The summed E-state index contributed by atoms with van der Waals surface area (Å²) >= 11 is 1.76. The number of aryl methyl sites for hydroxylation is 1. The molecule has 2 nitrogen and oxygen atoms in total. The number of unbranched alkanes of at least 4 members (excludes halogenated alkanes) is 2. The lowest BCUT2D eigenvalue weighted by Crippen LogP contribution is -1.81. The van der Waals surface area contributed by atoms with Crippen molar-refractivity contribution in [3.63, 3.8) is 0 Å². The molecule has 3 aromatic rings. The quantitative estimate of drug-likeness (QED) is 0.622. The van der Waals surface area contributed by atoms with Crippen molar-refractivity contribution < 1.29 is 0 Å². The van der Waals surface area contributed by atoms with Crippen molar-refractivity contribution in [2.75, 3.05) is 0 Å². The third-order valence-electron chi connectivity index (χ3n) is 2.99. The van der Waals surface area contributed by atoms with Crippen molar-refractivity contribution in [1.82, 2.24) is 9.97 Å². The molecular weight excluding hydrogens is 264 g/mol. The highest BCUT2D eigenvalue weighted by Gasteiger charge is 1.92. The van der Waals surface area contributed by atoms with Crippen molar-refractivity contribution in [2.24, 2.45) is 0 Å². The number of nitrogens with zero attached hydrogens (tertiary/aromatic N) is 2. The van der Waals surface area contributed by atoms with Crippen molar-refractivity contribution in [2.45, 2.75) is 32.6 Å². The summed E-state index contributed by atoms with van der Waals surface area (Å²) in [6, 6.07) is 12.1. The fraction of sp³-hybridized carbons (Fsp3) is 0.294. The van der Waals surface area contributed by atoms with Gasteiger partial charge < -0.3 is 0 Å². The Bertz CT molecular complexity index is 540. The molecule has 0 fully saturated rings. The predicted octanol–water partition coefficient (Wildman–Crippen LogP) is 5.11. The van der Waals surface area contributed by atoms with Crippen LogP contribution in [0.15, 0.2) is 54.2 Å². The molecule has 0 aliphatic heterocycles. The molecular formula is C17H20N2S. The average Bonchev–Trinajstić information content (AvgIpc) is 3.02. The maximum Gasteiger partial charge on any atom is 0.0924 e. The van der Waals surface area contributed by atoms with E-state index in [9.17, 15) is 0 Å². The standard InChI is InChI=1S/C9H7N.C8H13NS/c1-2-6-9-8(4-1)5-3-7-10-9;1-2-3-4-5-8-9-6-7-10-8/h1-7H;6-7H,2-5H2,1H3. The number of hydrogen-bond acceptors (Lipinski definition) is 3. The van der Waals surface area contributed by atoms with Crippen molar-refractivity contribution >= 4 is 22.2 Å². The van der Waals surface area contributed by atoms with E-state index in [1.165, 1.54) is 36.1 Å². The van der Waals surface area contributed by atoms with Gasteiger partial charge in [0.1, 0.15) is 0 Å². The summed E-state index contributed by atoms with van der Waals surface area (Å²) in [5, 5.41) is 4.53. The lowest BCUT2D eigenvalue weighted by molar-refractivity contribution is 0.715. The van der Waals surface area contributed by atoms with E-state index < -0.39 is 0 Å². The molecule has 2 aromatic heterocycles. The van der Waals surface area contributed by atoms with Crippen LogP contribution in [0.1, 0.15) is 31.2 Å². The van der Waals surface area contributed by atoms with Gasteiger partial charge in [0.05, 0.1) is 10.5 Å². The molecule has 0 amide bonds. The Balaban J connectivity index is 0.000000147. The predicted molar refractivity (Wildman–Crippen MR) is 87.1 cm³/mol. The molecule has 0 atom stereocenters. The summed E-state index contributed by atoms with van der Waals surface area (Å²) < 4.78 is 0. The number of pyridine rings is 1. The molecule has 20 heavy (non-hydrogen) atoms. The summed E-state index contributed by atoms with van der Waals surface area (Å²) in [7, 11) is 0. The van der Waals surface area contributed by atoms with Crippen LogP contribution in [-0.2, 0) is 6.42 Å². The Kier molecular flexibility index (Phi) is 6.18. The van der Waals surface area contributed by atoms with Crippen LogP contribution in [-0.4, -0.2) is 9.97 Å².